The van der Waals surface area contributed by atoms with Crippen LogP contribution in [-0.4, -0.2) is 61.5 Å². The fourth-order valence-electron chi connectivity index (χ4n) is 2.58. The topological polar surface area (TPSA) is 44.7 Å². The summed E-state index contributed by atoms with van der Waals surface area (Å²) in [4.78, 5) is 2.36. The first-order valence-electron chi connectivity index (χ1n) is 7.49. The average molecular weight is 256 g/mol. The van der Waals surface area contributed by atoms with Crippen LogP contribution in [0.2, 0.25) is 0 Å². The molecule has 0 bridgehead atoms. The van der Waals surface area contributed by atoms with Gasteiger partial charge in [-0.25, -0.2) is 0 Å². The molecule has 18 heavy (non-hydrogen) atoms. The lowest BCUT2D eigenvalue weighted by molar-refractivity contribution is 0.0161. The third-order valence-corrected chi connectivity index (χ3v) is 3.96. The number of rotatable bonds is 8. The molecule has 0 aromatic rings. The van der Waals surface area contributed by atoms with E-state index in [1.807, 2.05) is 6.92 Å². The average Bonchev–Trinajstić information content (AvgIpc) is 3.20. The molecule has 1 saturated carbocycles. The molecule has 0 spiro atoms. The minimum Gasteiger partial charge on any atom is -0.389 e. The van der Waals surface area contributed by atoms with E-state index in [4.69, 9.17) is 4.74 Å². The first-order valence-corrected chi connectivity index (χ1v) is 7.49. The van der Waals surface area contributed by atoms with Crippen LogP contribution in [0, 0.1) is 5.92 Å². The fourth-order valence-corrected chi connectivity index (χ4v) is 2.58. The molecular weight excluding hydrogens is 228 g/mol. The van der Waals surface area contributed by atoms with Crippen molar-refractivity contribution >= 4 is 0 Å². The van der Waals surface area contributed by atoms with Gasteiger partial charge in [0, 0.05) is 19.2 Å². The van der Waals surface area contributed by atoms with Gasteiger partial charge in [0.15, 0.2) is 0 Å². The summed E-state index contributed by atoms with van der Waals surface area (Å²) in [5.74, 6) is 0.969. The van der Waals surface area contributed by atoms with Gasteiger partial charge < -0.3 is 20.1 Å². The predicted octanol–water partition coefficient (Wildman–Crippen LogP) is 0.848. The molecule has 0 radical (unpaired) electrons. The number of aliphatic hydroxyl groups excluding tert-OH is 1. The maximum Gasteiger partial charge on any atom is 0.0900 e. The van der Waals surface area contributed by atoms with Crippen molar-refractivity contribution in [3.8, 4) is 0 Å². The number of β-amino-alcohol motifs (C(OH)–C–C–N with tert-alkyl or cyclic N) is 1. The Labute approximate surface area is 111 Å². The monoisotopic (exact) mass is 256 g/mol. The van der Waals surface area contributed by atoms with E-state index in [2.05, 4.69) is 10.2 Å². The predicted molar refractivity (Wildman–Crippen MR) is 72.7 cm³/mol. The Balaban J connectivity index is 1.54. The SMILES string of the molecule is CCOCC(O)CN1CCC(NCC2CC2)CC1. The van der Waals surface area contributed by atoms with Crippen LogP contribution in [-0.2, 0) is 4.74 Å². The van der Waals surface area contributed by atoms with Gasteiger partial charge >= 0.3 is 0 Å². The Morgan fingerprint density at radius 1 is 1.28 bits per heavy atom. The molecule has 1 atom stereocenters. The zero-order valence-corrected chi connectivity index (χ0v) is 11.6. The molecule has 4 heteroatoms. The number of ether oxygens (including phenoxy) is 1. The van der Waals surface area contributed by atoms with Gasteiger partial charge in [-0.1, -0.05) is 0 Å². The first-order chi connectivity index (χ1) is 8.78. The standard InChI is InChI=1S/C14H28N2O2/c1-2-18-11-14(17)10-16-7-5-13(6-8-16)15-9-12-3-4-12/h12-15,17H,2-11H2,1H3. The van der Waals surface area contributed by atoms with Crippen molar-refractivity contribution in [1.82, 2.24) is 10.2 Å². The Morgan fingerprint density at radius 2 is 2.00 bits per heavy atom. The smallest absolute Gasteiger partial charge is 0.0900 e. The van der Waals surface area contributed by atoms with Gasteiger partial charge in [-0.2, -0.15) is 0 Å². The van der Waals surface area contributed by atoms with Crippen molar-refractivity contribution in [1.29, 1.82) is 0 Å². The highest BCUT2D eigenvalue weighted by Crippen LogP contribution is 2.28. The number of nitrogens with zero attached hydrogens (tertiary/aromatic N) is 1. The van der Waals surface area contributed by atoms with Crippen molar-refractivity contribution in [2.45, 2.75) is 44.8 Å². The van der Waals surface area contributed by atoms with Crippen LogP contribution in [0.5, 0.6) is 0 Å². The quantitative estimate of drug-likeness (QED) is 0.676. The molecule has 2 fully saturated rings. The zero-order valence-electron chi connectivity index (χ0n) is 11.6. The molecule has 1 aliphatic carbocycles. The molecule has 1 aliphatic heterocycles. The molecule has 0 aromatic heterocycles. The summed E-state index contributed by atoms with van der Waals surface area (Å²) in [6.07, 6.45) is 4.95. The molecule has 4 nitrogen and oxygen atoms in total. The molecule has 1 heterocycles. The van der Waals surface area contributed by atoms with E-state index in [0.717, 1.165) is 25.6 Å². The minimum absolute atomic E-state index is 0.332. The van der Waals surface area contributed by atoms with Crippen molar-refractivity contribution in [2.24, 2.45) is 5.92 Å². The maximum absolute atomic E-state index is 9.80. The summed E-state index contributed by atoms with van der Waals surface area (Å²) in [6, 6.07) is 0.700. The highest BCUT2D eigenvalue weighted by atomic mass is 16.5. The third kappa shape index (κ3) is 5.22. The summed E-state index contributed by atoms with van der Waals surface area (Å²) in [6.45, 7) is 7.30. The van der Waals surface area contributed by atoms with Crippen LogP contribution in [0.3, 0.4) is 0 Å². The molecular formula is C14H28N2O2. The molecule has 1 unspecified atom stereocenters. The second-order valence-corrected chi connectivity index (χ2v) is 5.74. The summed E-state index contributed by atoms with van der Waals surface area (Å²) in [7, 11) is 0. The molecule has 2 rings (SSSR count). The molecule has 0 aromatic carbocycles. The number of piperidine rings is 1. The van der Waals surface area contributed by atoms with E-state index in [1.165, 1.54) is 32.2 Å². The number of likely N-dealkylation sites (tertiary alicyclic amines) is 1. The second kappa shape index (κ2) is 7.43. The summed E-state index contributed by atoms with van der Waals surface area (Å²) in [5.41, 5.74) is 0. The van der Waals surface area contributed by atoms with Crippen LogP contribution in [0.1, 0.15) is 32.6 Å². The van der Waals surface area contributed by atoms with Crippen molar-refractivity contribution in [2.75, 3.05) is 39.4 Å². The van der Waals surface area contributed by atoms with Crippen molar-refractivity contribution in [3.05, 3.63) is 0 Å². The largest absolute Gasteiger partial charge is 0.389 e. The van der Waals surface area contributed by atoms with Gasteiger partial charge in [0.05, 0.1) is 12.7 Å². The normalized spacial score (nSPS) is 24.3. The fraction of sp³-hybridized carbons (Fsp3) is 1.00. The van der Waals surface area contributed by atoms with Crippen LogP contribution < -0.4 is 5.32 Å². The lowest BCUT2D eigenvalue weighted by atomic mass is 10.0. The van der Waals surface area contributed by atoms with Crippen molar-refractivity contribution < 1.29 is 9.84 Å². The van der Waals surface area contributed by atoms with E-state index in [9.17, 15) is 5.11 Å². The van der Waals surface area contributed by atoms with Gasteiger partial charge in [0.25, 0.3) is 0 Å². The van der Waals surface area contributed by atoms with E-state index in [-0.39, 0.29) is 6.10 Å². The molecule has 2 N–H and O–H groups in total. The first kappa shape index (κ1) is 14.3. The Morgan fingerprint density at radius 3 is 2.61 bits per heavy atom. The number of aliphatic hydroxyl groups is 1. The summed E-state index contributed by atoms with van der Waals surface area (Å²) in [5, 5.41) is 13.5. The van der Waals surface area contributed by atoms with Gasteiger partial charge in [-0.05, 0) is 58.2 Å². The van der Waals surface area contributed by atoms with E-state index >= 15 is 0 Å². The van der Waals surface area contributed by atoms with Crippen LogP contribution in [0.25, 0.3) is 0 Å². The Bertz CT molecular complexity index is 226. The Hall–Kier alpha value is -0.160. The van der Waals surface area contributed by atoms with Crippen LogP contribution >= 0.6 is 0 Å². The number of hydrogen-bond acceptors (Lipinski definition) is 4. The second-order valence-electron chi connectivity index (χ2n) is 5.74. The number of hydrogen-bond donors (Lipinski definition) is 2. The third-order valence-electron chi connectivity index (χ3n) is 3.96. The van der Waals surface area contributed by atoms with Gasteiger partial charge in [0.1, 0.15) is 0 Å². The lowest BCUT2D eigenvalue weighted by Crippen LogP contribution is -2.45. The van der Waals surface area contributed by atoms with Gasteiger partial charge in [0.2, 0.25) is 0 Å². The highest BCUT2D eigenvalue weighted by molar-refractivity contribution is 4.82. The van der Waals surface area contributed by atoms with Crippen LogP contribution in [0.4, 0.5) is 0 Å². The summed E-state index contributed by atoms with van der Waals surface area (Å²) >= 11 is 0. The molecule has 106 valence electrons. The number of nitrogens with one attached hydrogen (secondary N) is 1. The van der Waals surface area contributed by atoms with E-state index in [0.29, 0.717) is 19.3 Å². The van der Waals surface area contributed by atoms with Crippen molar-refractivity contribution in [3.63, 3.8) is 0 Å². The summed E-state index contributed by atoms with van der Waals surface area (Å²) < 4.78 is 5.24. The lowest BCUT2D eigenvalue weighted by Gasteiger charge is -2.33. The Kier molecular flexibility index (Phi) is 5.89. The molecule has 0 amide bonds. The van der Waals surface area contributed by atoms with Gasteiger partial charge in [-0.3, -0.25) is 0 Å². The van der Waals surface area contributed by atoms with Crippen LogP contribution in [0.15, 0.2) is 0 Å². The minimum atomic E-state index is -0.332. The highest BCUT2D eigenvalue weighted by Gasteiger charge is 2.24. The molecule has 2 aliphatic rings. The van der Waals surface area contributed by atoms with E-state index in [1.54, 1.807) is 0 Å². The zero-order chi connectivity index (χ0) is 12.8. The maximum atomic E-state index is 9.80. The van der Waals surface area contributed by atoms with E-state index < -0.39 is 0 Å². The molecule has 1 saturated heterocycles. The van der Waals surface area contributed by atoms with Gasteiger partial charge in [-0.15, -0.1) is 0 Å².